The Morgan fingerprint density at radius 2 is 1.86 bits per heavy atom. The summed E-state index contributed by atoms with van der Waals surface area (Å²) in [6.45, 7) is 0.380. The lowest BCUT2D eigenvalue weighted by Gasteiger charge is -2.40. The van der Waals surface area contributed by atoms with Crippen LogP contribution in [0, 0.1) is 0 Å². The number of aromatic carboxylic acids is 1. The van der Waals surface area contributed by atoms with E-state index in [0.29, 0.717) is 11.4 Å². The third-order valence-electron chi connectivity index (χ3n) is 4.26. The zero-order valence-corrected chi connectivity index (χ0v) is 12.9. The number of hydrogen-bond donors (Lipinski definition) is 2. The Balaban J connectivity index is 1.69. The first kappa shape index (κ1) is 14.8. The van der Waals surface area contributed by atoms with Crippen molar-refractivity contribution in [1.82, 2.24) is 5.32 Å². The van der Waals surface area contributed by atoms with Crippen molar-refractivity contribution in [3.63, 3.8) is 0 Å². The molecule has 1 heterocycles. The van der Waals surface area contributed by atoms with Crippen LogP contribution in [0.3, 0.4) is 0 Å². The first-order valence-corrected chi connectivity index (χ1v) is 8.09. The molecule has 5 heteroatoms. The monoisotopic (exact) mass is 315 g/mol. The predicted molar refractivity (Wildman–Crippen MR) is 85.1 cm³/mol. The number of carbonyl (C=O) groups excluding carboxylic acids is 1. The molecule has 1 amide bonds. The van der Waals surface area contributed by atoms with Crippen LogP contribution in [0.2, 0.25) is 0 Å². The lowest BCUT2D eigenvalue weighted by atomic mass is 9.64. The first-order valence-electron chi connectivity index (χ1n) is 7.28. The Morgan fingerprint density at radius 1 is 1.14 bits per heavy atom. The standard InChI is InChI=1S/C17H17NO3S/c19-15(20)14-8-7-13(22-14)11-18-16(21)17(9-4-10-17)12-5-2-1-3-6-12/h1-3,5-8H,4,9-11H2,(H,18,21)(H,19,20). The number of carboxylic acid groups (broad SMARTS) is 1. The number of nitrogens with one attached hydrogen (secondary N) is 1. The van der Waals surface area contributed by atoms with E-state index in [1.807, 2.05) is 30.3 Å². The van der Waals surface area contributed by atoms with Crippen molar-refractivity contribution in [2.24, 2.45) is 0 Å². The highest BCUT2D eigenvalue weighted by Gasteiger charge is 2.45. The highest BCUT2D eigenvalue weighted by atomic mass is 32.1. The molecule has 0 saturated heterocycles. The van der Waals surface area contributed by atoms with E-state index in [1.165, 1.54) is 11.3 Å². The molecule has 2 aromatic rings. The Hall–Kier alpha value is -2.14. The number of thiophene rings is 1. The Labute approximate surface area is 132 Å². The van der Waals surface area contributed by atoms with Gasteiger partial charge in [0, 0.05) is 4.88 Å². The molecule has 2 N–H and O–H groups in total. The van der Waals surface area contributed by atoms with E-state index in [2.05, 4.69) is 5.32 Å². The number of rotatable bonds is 5. The van der Waals surface area contributed by atoms with E-state index < -0.39 is 11.4 Å². The minimum Gasteiger partial charge on any atom is -0.477 e. The van der Waals surface area contributed by atoms with Crippen molar-refractivity contribution in [3.8, 4) is 0 Å². The van der Waals surface area contributed by atoms with Crippen LogP contribution in [0.5, 0.6) is 0 Å². The first-order chi connectivity index (χ1) is 10.6. The van der Waals surface area contributed by atoms with E-state index in [4.69, 9.17) is 5.11 Å². The molecule has 1 aliphatic carbocycles. The van der Waals surface area contributed by atoms with Gasteiger partial charge < -0.3 is 10.4 Å². The molecule has 1 fully saturated rings. The van der Waals surface area contributed by atoms with Crippen molar-refractivity contribution < 1.29 is 14.7 Å². The molecule has 22 heavy (non-hydrogen) atoms. The molecule has 0 radical (unpaired) electrons. The van der Waals surface area contributed by atoms with Crippen molar-refractivity contribution in [2.45, 2.75) is 31.2 Å². The molecule has 0 bridgehead atoms. The van der Waals surface area contributed by atoms with Crippen molar-refractivity contribution in [2.75, 3.05) is 0 Å². The van der Waals surface area contributed by atoms with Crippen LogP contribution in [-0.4, -0.2) is 17.0 Å². The minimum atomic E-state index is -0.928. The highest BCUT2D eigenvalue weighted by molar-refractivity contribution is 7.13. The molecule has 1 aromatic heterocycles. The molecule has 3 rings (SSSR count). The summed E-state index contributed by atoms with van der Waals surface area (Å²) in [4.78, 5) is 24.7. The molecule has 0 aliphatic heterocycles. The van der Waals surface area contributed by atoms with Gasteiger partial charge >= 0.3 is 5.97 Å². The predicted octanol–water partition coefficient (Wildman–Crippen LogP) is 3.18. The summed E-state index contributed by atoms with van der Waals surface area (Å²) in [6, 6.07) is 13.2. The van der Waals surface area contributed by atoms with Crippen molar-refractivity contribution in [3.05, 3.63) is 57.8 Å². The number of carboxylic acids is 1. The maximum Gasteiger partial charge on any atom is 0.345 e. The molecule has 1 aromatic carbocycles. The van der Waals surface area contributed by atoms with E-state index in [-0.39, 0.29) is 5.91 Å². The third kappa shape index (κ3) is 2.64. The van der Waals surface area contributed by atoms with Gasteiger partial charge in [-0.15, -0.1) is 11.3 Å². The number of amides is 1. The summed E-state index contributed by atoms with van der Waals surface area (Å²) in [5.74, 6) is -0.891. The number of carbonyl (C=O) groups is 2. The zero-order valence-electron chi connectivity index (χ0n) is 12.0. The van der Waals surface area contributed by atoms with Gasteiger partial charge in [-0.3, -0.25) is 4.79 Å². The maximum atomic E-state index is 12.6. The second-order valence-corrected chi connectivity index (χ2v) is 6.72. The van der Waals surface area contributed by atoms with Crippen LogP contribution in [0.4, 0.5) is 0 Å². The SMILES string of the molecule is O=C(O)c1ccc(CNC(=O)C2(c3ccccc3)CCC2)s1. The summed E-state index contributed by atoms with van der Waals surface area (Å²) >= 11 is 1.20. The maximum absolute atomic E-state index is 12.6. The minimum absolute atomic E-state index is 0.0372. The normalized spacial score (nSPS) is 15.8. The highest BCUT2D eigenvalue weighted by Crippen LogP contribution is 2.43. The molecule has 0 atom stereocenters. The molecule has 1 aliphatic rings. The lowest BCUT2D eigenvalue weighted by Crippen LogP contribution is -2.48. The average molecular weight is 315 g/mol. The average Bonchev–Trinajstić information content (AvgIpc) is 2.94. The van der Waals surface area contributed by atoms with E-state index >= 15 is 0 Å². The van der Waals surface area contributed by atoms with Gasteiger partial charge in [0.05, 0.1) is 12.0 Å². The summed E-state index contributed by atoms with van der Waals surface area (Å²) in [7, 11) is 0. The lowest BCUT2D eigenvalue weighted by molar-refractivity contribution is -0.130. The third-order valence-corrected chi connectivity index (χ3v) is 5.34. The summed E-state index contributed by atoms with van der Waals surface area (Å²) in [5.41, 5.74) is 0.657. The Morgan fingerprint density at radius 3 is 2.41 bits per heavy atom. The molecular formula is C17H17NO3S. The van der Waals surface area contributed by atoms with Crippen LogP contribution in [-0.2, 0) is 16.8 Å². The van der Waals surface area contributed by atoms with Gasteiger partial charge in [0.2, 0.25) is 5.91 Å². The molecule has 1 saturated carbocycles. The second-order valence-electron chi connectivity index (χ2n) is 5.56. The second kappa shape index (κ2) is 5.93. The largest absolute Gasteiger partial charge is 0.477 e. The van der Waals surface area contributed by atoms with Crippen LogP contribution in [0.15, 0.2) is 42.5 Å². The zero-order chi connectivity index (χ0) is 15.6. The van der Waals surface area contributed by atoms with Gasteiger partial charge in [0.15, 0.2) is 0 Å². The van der Waals surface area contributed by atoms with Gasteiger partial charge in [-0.05, 0) is 30.5 Å². The topological polar surface area (TPSA) is 66.4 Å². The van der Waals surface area contributed by atoms with Crippen LogP contribution in [0.25, 0.3) is 0 Å². The van der Waals surface area contributed by atoms with Gasteiger partial charge in [-0.2, -0.15) is 0 Å². The molecule has 0 unspecified atom stereocenters. The summed E-state index contributed by atoms with van der Waals surface area (Å²) in [6.07, 6.45) is 2.80. The van der Waals surface area contributed by atoms with Gasteiger partial charge in [0.25, 0.3) is 0 Å². The van der Waals surface area contributed by atoms with Gasteiger partial charge in [-0.1, -0.05) is 36.8 Å². The number of hydrogen-bond acceptors (Lipinski definition) is 3. The molecule has 4 nitrogen and oxygen atoms in total. The summed E-state index contributed by atoms with van der Waals surface area (Å²) in [5, 5.41) is 11.9. The van der Waals surface area contributed by atoms with Crippen LogP contribution < -0.4 is 5.32 Å². The molecular weight excluding hydrogens is 298 g/mol. The summed E-state index contributed by atoms with van der Waals surface area (Å²) < 4.78 is 0. The van der Waals surface area contributed by atoms with Crippen LogP contribution >= 0.6 is 11.3 Å². The fraction of sp³-hybridized carbons (Fsp3) is 0.294. The van der Waals surface area contributed by atoms with Gasteiger partial charge in [0.1, 0.15) is 4.88 Å². The Bertz CT molecular complexity index is 689. The quantitative estimate of drug-likeness (QED) is 0.890. The van der Waals surface area contributed by atoms with Crippen LogP contribution in [0.1, 0.15) is 39.4 Å². The van der Waals surface area contributed by atoms with Crippen molar-refractivity contribution in [1.29, 1.82) is 0 Å². The smallest absolute Gasteiger partial charge is 0.345 e. The fourth-order valence-corrected chi connectivity index (χ4v) is 3.65. The van der Waals surface area contributed by atoms with Gasteiger partial charge in [-0.25, -0.2) is 4.79 Å². The molecule has 0 spiro atoms. The van der Waals surface area contributed by atoms with E-state index in [1.54, 1.807) is 12.1 Å². The van der Waals surface area contributed by atoms with Crippen molar-refractivity contribution >= 4 is 23.2 Å². The van der Waals surface area contributed by atoms with E-state index in [0.717, 1.165) is 29.7 Å². The van der Waals surface area contributed by atoms with E-state index in [9.17, 15) is 9.59 Å². The number of benzene rings is 1. The Kier molecular flexibility index (Phi) is 3.98. The molecule has 114 valence electrons. The fourth-order valence-electron chi connectivity index (χ4n) is 2.86.